The summed E-state index contributed by atoms with van der Waals surface area (Å²) >= 11 is 3.36. The van der Waals surface area contributed by atoms with Crippen LogP contribution in [0.15, 0.2) is 47.1 Å². The number of nitrogens with zero attached hydrogens (tertiary/aromatic N) is 1. The van der Waals surface area contributed by atoms with Crippen molar-refractivity contribution in [3.05, 3.63) is 52.6 Å². The van der Waals surface area contributed by atoms with Gasteiger partial charge in [0.05, 0.1) is 9.89 Å². The molecule has 0 unspecified atom stereocenters. The second-order valence-electron chi connectivity index (χ2n) is 5.03. The summed E-state index contributed by atoms with van der Waals surface area (Å²) in [4.78, 5) is 16.6. The van der Waals surface area contributed by atoms with E-state index in [1.165, 1.54) is 0 Å². The number of carbonyl (C=O) groups is 1. The molecule has 1 aromatic carbocycles. The molecule has 0 spiro atoms. The minimum atomic E-state index is -0.676. The van der Waals surface area contributed by atoms with Crippen LogP contribution in [0, 0.1) is 0 Å². The van der Waals surface area contributed by atoms with Gasteiger partial charge in [0.2, 0.25) is 5.91 Å². The average Bonchev–Trinajstić information content (AvgIpc) is 2.41. The van der Waals surface area contributed by atoms with Gasteiger partial charge in [-0.25, -0.2) is 4.98 Å². The highest BCUT2D eigenvalue weighted by Gasteiger charge is 2.30. The molecule has 0 aliphatic heterocycles. The third-order valence-electron chi connectivity index (χ3n) is 3.19. The summed E-state index contributed by atoms with van der Waals surface area (Å²) in [6.07, 6.45) is 1.64. The Bertz CT molecular complexity index is 623. The molecule has 4 nitrogen and oxygen atoms in total. The Labute approximate surface area is 126 Å². The van der Waals surface area contributed by atoms with E-state index >= 15 is 0 Å². The van der Waals surface area contributed by atoms with Gasteiger partial charge in [0.25, 0.3) is 0 Å². The highest BCUT2D eigenvalue weighted by atomic mass is 79.9. The summed E-state index contributed by atoms with van der Waals surface area (Å²) in [5.41, 5.74) is 6.57. The van der Waals surface area contributed by atoms with Crippen molar-refractivity contribution in [3.8, 4) is 0 Å². The number of nitrogens with two attached hydrogens (primary N) is 1. The second kappa shape index (κ2) is 5.63. The molecule has 0 saturated carbocycles. The van der Waals surface area contributed by atoms with Crippen LogP contribution in [-0.2, 0) is 10.2 Å². The Morgan fingerprint density at radius 3 is 2.50 bits per heavy atom. The van der Waals surface area contributed by atoms with E-state index < -0.39 is 5.41 Å². The van der Waals surface area contributed by atoms with Crippen molar-refractivity contribution in [3.63, 3.8) is 0 Å². The Hall–Kier alpha value is -1.88. The summed E-state index contributed by atoms with van der Waals surface area (Å²) < 4.78 is 0.751. The SMILES string of the molecule is CC(C)(C(=O)Nc1ncccc1Br)c1ccc(N)cc1. The molecule has 3 N–H and O–H groups in total. The molecule has 0 radical (unpaired) electrons. The van der Waals surface area contributed by atoms with Gasteiger partial charge in [0, 0.05) is 11.9 Å². The molecule has 5 heteroatoms. The van der Waals surface area contributed by atoms with E-state index in [9.17, 15) is 4.79 Å². The first-order chi connectivity index (χ1) is 9.41. The standard InChI is InChI=1S/C15H16BrN3O/c1-15(2,10-5-7-11(17)8-6-10)14(20)19-13-12(16)4-3-9-18-13/h3-9H,17H2,1-2H3,(H,18,19,20). The molecular weight excluding hydrogens is 318 g/mol. The number of hydrogen-bond acceptors (Lipinski definition) is 3. The molecule has 0 saturated heterocycles. The predicted octanol–water partition coefficient (Wildman–Crippen LogP) is 3.34. The van der Waals surface area contributed by atoms with E-state index in [2.05, 4.69) is 26.2 Å². The van der Waals surface area contributed by atoms with E-state index in [4.69, 9.17) is 5.73 Å². The first kappa shape index (κ1) is 14.5. The maximum atomic E-state index is 12.5. The molecule has 20 heavy (non-hydrogen) atoms. The zero-order valence-corrected chi connectivity index (χ0v) is 12.9. The van der Waals surface area contributed by atoms with Gasteiger partial charge in [0.15, 0.2) is 0 Å². The lowest BCUT2D eigenvalue weighted by molar-refractivity contribution is -0.120. The first-order valence-electron chi connectivity index (χ1n) is 6.19. The maximum Gasteiger partial charge on any atom is 0.235 e. The average molecular weight is 334 g/mol. The molecule has 0 atom stereocenters. The Kier molecular flexibility index (Phi) is 4.09. The number of nitrogen functional groups attached to an aromatic ring is 1. The van der Waals surface area contributed by atoms with Gasteiger partial charge in [-0.15, -0.1) is 0 Å². The number of nitrogens with one attached hydrogen (secondary N) is 1. The van der Waals surface area contributed by atoms with E-state index in [0.29, 0.717) is 11.5 Å². The number of pyridine rings is 1. The summed E-state index contributed by atoms with van der Waals surface area (Å²) in [5, 5.41) is 2.84. The van der Waals surface area contributed by atoms with Crippen LogP contribution in [0.2, 0.25) is 0 Å². The monoisotopic (exact) mass is 333 g/mol. The normalized spacial score (nSPS) is 11.2. The molecule has 0 aliphatic carbocycles. The van der Waals surface area contributed by atoms with Crippen LogP contribution in [0.4, 0.5) is 11.5 Å². The molecule has 2 rings (SSSR count). The second-order valence-corrected chi connectivity index (χ2v) is 5.89. The van der Waals surface area contributed by atoms with Gasteiger partial charge in [-0.05, 0) is 59.6 Å². The van der Waals surface area contributed by atoms with Gasteiger partial charge in [-0.3, -0.25) is 4.79 Å². The predicted molar refractivity (Wildman–Crippen MR) is 84.4 cm³/mol. The number of aromatic nitrogens is 1. The summed E-state index contributed by atoms with van der Waals surface area (Å²) in [6.45, 7) is 3.73. The molecule has 1 heterocycles. The fourth-order valence-electron chi connectivity index (χ4n) is 1.77. The third kappa shape index (κ3) is 2.99. The number of amides is 1. The molecule has 104 valence electrons. The summed E-state index contributed by atoms with van der Waals surface area (Å²) in [6, 6.07) is 10.9. The number of rotatable bonds is 3. The molecule has 0 bridgehead atoms. The number of benzene rings is 1. The van der Waals surface area contributed by atoms with Gasteiger partial charge in [-0.2, -0.15) is 0 Å². The van der Waals surface area contributed by atoms with Crippen molar-refractivity contribution in [2.24, 2.45) is 0 Å². The van der Waals surface area contributed by atoms with Crippen LogP contribution < -0.4 is 11.1 Å². The van der Waals surface area contributed by atoms with Crippen LogP contribution in [0.3, 0.4) is 0 Å². The van der Waals surface area contributed by atoms with Crippen LogP contribution in [0.5, 0.6) is 0 Å². The third-order valence-corrected chi connectivity index (χ3v) is 3.83. The molecule has 2 aromatic rings. The minimum absolute atomic E-state index is 0.123. The lowest BCUT2D eigenvalue weighted by Crippen LogP contribution is -2.35. The fraction of sp³-hybridized carbons (Fsp3) is 0.200. The number of anilines is 2. The van der Waals surface area contributed by atoms with Gasteiger partial charge >= 0.3 is 0 Å². The van der Waals surface area contributed by atoms with Gasteiger partial charge in [-0.1, -0.05) is 12.1 Å². The first-order valence-corrected chi connectivity index (χ1v) is 6.98. The zero-order valence-electron chi connectivity index (χ0n) is 11.4. The van der Waals surface area contributed by atoms with Crippen molar-refractivity contribution >= 4 is 33.3 Å². The Balaban J connectivity index is 2.23. The van der Waals surface area contributed by atoms with Crippen molar-refractivity contribution in [2.75, 3.05) is 11.1 Å². The summed E-state index contributed by atoms with van der Waals surface area (Å²) in [5.74, 6) is 0.391. The van der Waals surface area contributed by atoms with E-state index in [0.717, 1.165) is 10.0 Å². The fourth-order valence-corrected chi connectivity index (χ4v) is 2.13. The smallest absolute Gasteiger partial charge is 0.235 e. The maximum absolute atomic E-state index is 12.5. The van der Waals surface area contributed by atoms with Crippen LogP contribution in [0.25, 0.3) is 0 Å². The van der Waals surface area contributed by atoms with E-state index in [1.807, 2.05) is 32.0 Å². The Morgan fingerprint density at radius 1 is 1.25 bits per heavy atom. The highest BCUT2D eigenvalue weighted by Crippen LogP contribution is 2.27. The molecule has 1 aromatic heterocycles. The lowest BCUT2D eigenvalue weighted by atomic mass is 9.83. The number of hydrogen-bond donors (Lipinski definition) is 2. The van der Waals surface area contributed by atoms with Crippen LogP contribution in [0.1, 0.15) is 19.4 Å². The van der Waals surface area contributed by atoms with E-state index in [-0.39, 0.29) is 5.91 Å². The Morgan fingerprint density at radius 2 is 1.90 bits per heavy atom. The van der Waals surface area contributed by atoms with Crippen molar-refractivity contribution < 1.29 is 4.79 Å². The van der Waals surface area contributed by atoms with Crippen molar-refractivity contribution in [1.82, 2.24) is 4.98 Å². The van der Waals surface area contributed by atoms with Crippen LogP contribution in [-0.4, -0.2) is 10.9 Å². The molecular formula is C15H16BrN3O. The molecule has 1 amide bonds. The summed E-state index contributed by atoms with van der Waals surface area (Å²) in [7, 11) is 0. The lowest BCUT2D eigenvalue weighted by Gasteiger charge is -2.24. The molecule has 0 fully saturated rings. The quantitative estimate of drug-likeness (QED) is 0.846. The molecule has 0 aliphatic rings. The van der Waals surface area contributed by atoms with Gasteiger partial charge < -0.3 is 11.1 Å². The largest absolute Gasteiger partial charge is 0.399 e. The minimum Gasteiger partial charge on any atom is -0.399 e. The van der Waals surface area contributed by atoms with Gasteiger partial charge in [0.1, 0.15) is 5.82 Å². The van der Waals surface area contributed by atoms with Crippen molar-refractivity contribution in [1.29, 1.82) is 0 Å². The number of carbonyl (C=O) groups excluding carboxylic acids is 1. The topological polar surface area (TPSA) is 68.0 Å². The number of halogens is 1. The van der Waals surface area contributed by atoms with Crippen molar-refractivity contribution in [2.45, 2.75) is 19.3 Å². The highest BCUT2D eigenvalue weighted by molar-refractivity contribution is 9.10. The zero-order chi connectivity index (χ0) is 14.8. The van der Waals surface area contributed by atoms with E-state index in [1.54, 1.807) is 24.4 Å². The van der Waals surface area contributed by atoms with Crippen LogP contribution >= 0.6 is 15.9 Å².